The molecule has 0 fully saturated rings. The zero-order valence-corrected chi connectivity index (χ0v) is 8.53. The first-order valence-electron chi connectivity index (χ1n) is 4.17. The third kappa shape index (κ3) is 1.84. The van der Waals surface area contributed by atoms with Crippen molar-refractivity contribution >= 4 is 11.3 Å². The first-order valence-corrected chi connectivity index (χ1v) is 5.05. The van der Waals surface area contributed by atoms with Gasteiger partial charge in [0.15, 0.2) is 0 Å². The molecule has 1 unspecified atom stereocenters. The minimum atomic E-state index is 0.718. The van der Waals surface area contributed by atoms with Crippen LogP contribution in [0.25, 0.3) is 0 Å². The predicted octanol–water partition coefficient (Wildman–Crippen LogP) is 3.82. The van der Waals surface area contributed by atoms with Gasteiger partial charge in [0.1, 0.15) is 0 Å². The van der Waals surface area contributed by atoms with Crippen LogP contribution in [0.2, 0.25) is 0 Å². The van der Waals surface area contributed by atoms with Gasteiger partial charge in [0, 0.05) is 4.88 Å². The van der Waals surface area contributed by atoms with Gasteiger partial charge in [-0.25, -0.2) is 0 Å². The molecule has 0 aliphatic heterocycles. The lowest BCUT2D eigenvalue weighted by Gasteiger charge is -2.14. The van der Waals surface area contributed by atoms with Crippen molar-refractivity contribution in [3.8, 4) is 0 Å². The van der Waals surface area contributed by atoms with Crippen LogP contribution in [0.5, 0.6) is 0 Å². The maximum absolute atomic E-state index is 2.31. The van der Waals surface area contributed by atoms with E-state index in [1.807, 2.05) is 11.3 Å². The van der Waals surface area contributed by atoms with Gasteiger partial charge in [-0.1, -0.05) is 20.8 Å². The van der Waals surface area contributed by atoms with Crippen LogP contribution in [0.15, 0.2) is 11.4 Å². The molecule has 1 rings (SSSR count). The number of hydrogen-bond donors (Lipinski definition) is 0. The summed E-state index contributed by atoms with van der Waals surface area (Å²) < 4.78 is 0. The highest BCUT2D eigenvalue weighted by atomic mass is 32.1. The molecule has 0 aliphatic carbocycles. The van der Waals surface area contributed by atoms with Crippen molar-refractivity contribution in [2.45, 2.75) is 33.6 Å². The van der Waals surface area contributed by atoms with E-state index < -0.39 is 0 Å². The van der Waals surface area contributed by atoms with Gasteiger partial charge in [-0.3, -0.25) is 0 Å². The second-order valence-corrected chi connectivity index (χ2v) is 4.45. The zero-order chi connectivity index (χ0) is 8.43. The molecule has 1 atom stereocenters. The van der Waals surface area contributed by atoms with E-state index >= 15 is 0 Å². The summed E-state index contributed by atoms with van der Waals surface area (Å²) in [4.78, 5) is 1.56. The van der Waals surface area contributed by atoms with Gasteiger partial charge in [-0.2, -0.15) is 0 Å². The third-order valence-corrected chi connectivity index (χ3v) is 3.54. The van der Waals surface area contributed by atoms with Crippen LogP contribution in [-0.4, -0.2) is 0 Å². The summed E-state index contributed by atoms with van der Waals surface area (Å²) >= 11 is 1.89. The summed E-state index contributed by atoms with van der Waals surface area (Å²) in [6, 6.07) is 2.21. The second kappa shape index (κ2) is 3.40. The Balaban J connectivity index is 2.84. The smallest absolute Gasteiger partial charge is 0.0105 e. The molecule has 1 aromatic rings. The number of rotatable bonds is 2. The van der Waals surface area contributed by atoms with Gasteiger partial charge in [0.05, 0.1) is 0 Å². The van der Waals surface area contributed by atoms with Crippen molar-refractivity contribution in [3.63, 3.8) is 0 Å². The Labute approximate surface area is 73.3 Å². The van der Waals surface area contributed by atoms with Crippen molar-refractivity contribution in [3.05, 3.63) is 21.9 Å². The highest BCUT2D eigenvalue weighted by molar-refractivity contribution is 7.10. The lowest BCUT2D eigenvalue weighted by atomic mass is 9.95. The van der Waals surface area contributed by atoms with E-state index in [1.165, 1.54) is 5.56 Å². The molecule has 0 saturated carbocycles. The van der Waals surface area contributed by atoms with E-state index in [0.29, 0.717) is 0 Å². The summed E-state index contributed by atoms with van der Waals surface area (Å²) in [5.41, 5.74) is 1.45. The lowest BCUT2D eigenvalue weighted by molar-refractivity contribution is 0.540. The normalized spacial score (nSPS) is 13.9. The van der Waals surface area contributed by atoms with E-state index in [2.05, 4.69) is 39.1 Å². The Morgan fingerprint density at radius 2 is 1.91 bits per heavy atom. The van der Waals surface area contributed by atoms with Gasteiger partial charge >= 0.3 is 0 Å². The minimum Gasteiger partial charge on any atom is -0.148 e. The SMILES string of the molecule is Cc1ccsc1C(C)C(C)C. The van der Waals surface area contributed by atoms with Crippen LogP contribution in [0.3, 0.4) is 0 Å². The second-order valence-electron chi connectivity index (χ2n) is 3.50. The molecule has 0 spiro atoms. The number of hydrogen-bond acceptors (Lipinski definition) is 1. The molecular formula is C10H16S. The Kier molecular flexibility index (Phi) is 2.72. The molecule has 0 saturated heterocycles. The van der Waals surface area contributed by atoms with E-state index in [9.17, 15) is 0 Å². The standard InChI is InChI=1S/C10H16S/c1-7(2)9(4)10-8(3)5-6-11-10/h5-7,9H,1-4H3. The Morgan fingerprint density at radius 3 is 2.27 bits per heavy atom. The molecule has 0 N–H and O–H groups in total. The Morgan fingerprint density at radius 1 is 1.27 bits per heavy atom. The first-order chi connectivity index (χ1) is 5.13. The molecule has 11 heavy (non-hydrogen) atoms. The summed E-state index contributed by atoms with van der Waals surface area (Å²) in [5, 5.41) is 2.18. The van der Waals surface area contributed by atoms with Crippen molar-refractivity contribution in [1.29, 1.82) is 0 Å². The molecule has 0 radical (unpaired) electrons. The summed E-state index contributed by atoms with van der Waals surface area (Å²) in [6.45, 7) is 9.07. The van der Waals surface area contributed by atoms with Crippen molar-refractivity contribution in [2.24, 2.45) is 5.92 Å². The average molecular weight is 168 g/mol. The molecule has 0 amide bonds. The van der Waals surface area contributed by atoms with Crippen molar-refractivity contribution in [1.82, 2.24) is 0 Å². The Bertz CT molecular complexity index is 223. The molecule has 1 aromatic heterocycles. The van der Waals surface area contributed by atoms with E-state index in [-0.39, 0.29) is 0 Å². The monoisotopic (exact) mass is 168 g/mol. The van der Waals surface area contributed by atoms with Crippen molar-refractivity contribution < 1.29 is 0 Å². The predicted molar refractivity (Wildman–Crippen MR) is 52.3 cm³/mol. The molecule has 1 heteroatoms. The molecule has 0 bridgehead atoms. The van der Waals surface area contributed by atoms with Crippen LogP contribution >= 0.6 is 11.3 Å². The summed E-state index contributed by atoms with van der Waals surface area (Å²) in [5.74, 6) is 1.47. The van der Waals surface area contributed by atoms with Crippen LogP contribution in [0, 0.1) is 12.8 Å². The average Bonchev–Trinajstić information content (AvgIpc) is 2.33. The molecule has 0 aromatic carbocycles. The molecule has 62 valence electrons. The molecular weight excluding hydrogens is 152 g/mol. The largest absolute Gasteiger partial charge is 0.148 e. The summed E-state index contributed by atoms with van der Waals surface area (Å²) in [6.07, 6.45) is 0. The van der Waals surface area contributed by atoms with Crippen LogP contribution in [0.4, 0.5) is 0 Å². The van der Waals surface area contributed by atoms with E-state index in [4.69, 9.17) is 0 Å². The van der Waals surface area contributed by atoms with Crippen LogP contribution in [-0.2, 0) is 0 Å². The molecule has 1 heterocycles. The number of thiophene rings is 1. The van der Waals surface area contributed by atoms with Crippen molar-refractivity contribution in [2.75, 3.05) is 0 Å². The van der Waals surface area contributed by atoms with E-state index in [0.717, 1.165) is 11.8 Å². The van der Waals surface area contributed by atoms with Gasteiger partial charge in [0.2, 0.25) is 0 Å². The maximum Gasteiger partial charge on any atom is 0.0105 e. The van der Waals surface area contributed by atoms with Crippen LogP contribution < -0.4 is 0 Å². The zero-order valence-electron chi connectivity index (χ0n) is 7.72. The number of aryl methyl sites for hydroxylation is 1. The molecule has 0 aliphatic rings. The fraction of sp³-hybridized carbons (Fsp3) is 0.600. The third-order valence-electron chi connectivity index (χ3n) is 2.32. The lowest BCUT2D eigenvalue weighted by Crippen LogP contribution is -2.00. The van der Waals surface area contributed by atoms with Gasteiger partial charge < -0.3 is 0 Å². The quantitative estimate of drug-likeness (QED) is 0.630. The maximum atomic E-state index is 2.31. The van der Waals surface area contributed by atoms with Gasteiger partial charge in [-0.05, 0) is 35.8 Å². The topological polar surface area (TPSA) is 0 Å². The minimum absolute atomic E-state index is 0.718. The fourth-order valence-corrected chi connectivity index (χ4v) is 2.31. The van der Waals surface area contributed by atoms with Gasteiger partial charge in [-0.15, -0.1) is 11.3 Å². The van der Waals surface area contributed by atoms with E-state index in [1.54, 1.807) is 4.88 Å². The first kappa shape index (κ1) is 8.79. The van der Waals surface area contributed by atoms with Gasteiger partial charge in [0.25, 0.3) is 0 Å². The highest BCUT2D eigenvalue weighted by Crippen LogP contribution is 2.30. The summed E-state index contributed by atoms with van der Waals surface area (Å²) in [7, 11) is 0. The fourth-order valence-electron chi connectivity index (χ4n) is 1.15. The Hall–Kier alpha value is -0.300. The highest BCUT2D eigenvalue weighted by Gasteiger charge is 2.12. The molecule has 0 nitrogen and oxygen atoms in total. The van der Waals surface area contributed by atoms with Crippen LogP contribution in [0.1, 0.15) is 37.1 Å².